The SMILES string of the molecule is Cc1cccc(C(c2cccc(NC(=O)CCN3CCCC3)c2)c2cnc[nH]2)c1C. The van der Waals surface area contributed by atoms with Crippen molar-refractivity contribution in [2.45, 2.75) is 39.0 Å². The predicted molar refractivity (Wildman–Crippen MR) is 121 cm³/mol. The van der Waals surface area contributed by atoms with Gasteiger partial charge < -0.3 is 15.2 Å². The van der Waals surface area contributed by atoms with E-state index in [9.17, 15) is 4.79 Å². The highest BCUT2D eigenvalue weighted by molar-refractivity contribution is 5.90. The predicted octanol–water partition coefficient (Wildman–Crippen LogP) is 4.63. The molecule has 0 spiro atoms. The van der Waals surface area contributed by atoms with Crippen LogP contribution < -0.4 is 5.32 Å². The van der Waals surface area contributed by atoms with Gasteiger partial charge in [-0.2, -0.15) is 0 Å². The Balaban J connectivity index is 1.56. The third kappa shape index (κ3) is 4.62. The molecule has 1 aliphatic rings. The number of H-pyrrole nitrogens is 1. The molecule has 30 heavy (non-hydrogen) atoms. The molecule has 1 atom stereocenters. The Labute approximate surface area is 178 Å². The van der Waals surface area contributed by atoms with Gasteiger partial charge in [0.25, 0.3) is 0 Å². The van der Waals surface area contributed by atoms with E-state index in [1.807, 2.05) is 18.3 Å². The molecular formula is C25H30N4O. The number of nitrogens with one attached hydrogen (secondary N) is 2. The number of hydrogen-bond acceptors (Lipinski definition) is 3. The molecule has 5 heteroatoms. The fraction of sp³-hybridized carbons (Fsp3) is 0.360. The highest BCUT2D eigenvalue weighted by atomic mass is 16.1. The molecule has 0 saturated carbocycles. The van der Waals surface area contributed by atoms with Crippen LogP contribution in [0.3, 0.4) is 0 Å². The van der Waals surface area contributed by atoms with Gasteiger partial charge in [0.15, 0.2) is 0 Å². The third-order valence-corrected chi connectivity index (χ3v) is 6.15. The lowest BCUT2D eigenvalue weighted by atomic mass is 9.85. The molecule has 1 amide bonds. The molecule has 1 aliphatic heterocycles. The van der Waals surface area contributed by atoms with E-state index in [-0.39, 0.29) is 11.8 Å². The highest BCUT2D eigenvalue weighted by Gasteiger charge is 2.21. The van der Waals surface area contributed by atoms with Crippen LogP contribution in [0.2, 0.25) is 0 Å². The van der Waals surface area contributed by atoms with Crippen molar-refractivity contribution in [3.8, 4) is 0 Å². The first kappa shape index (κ1) is 20.4. The van der Waals surface area contributed by atoms with Crippen LogP contribution in [0.4, 0.5) is 5.69 Å². The first-order valence-corrected chi connectivity index (χ1v) is 10.8. The maximum atomic E-state index is 12.5. The van der Waals surface area contributed by atoms with Crippen molar-refractivity contribution in [1.82, 2.24) is 14.9 Å². The standard InChI is InChI=1S/C25H30N4O/c1-18-7-5-10-22(19(18)2)25(23-16-26-17-27-23)20-8-6-9-21(15-20)28-24(30)11-14-29-12-3-4-13-29/h5-10,15-17,25H,3-4,11-14H2,1-2H3,(H,26,27)(H,28,30). The summed E-state index contributed by atoms with van der Waals surface area (Å²) < 4.78 is 0. The summed E-state index contributed by atoms with van der Waals surface area (Å²) in [5.41, 5.74) is 6.80. The average Bonchev–Trinajstić information content (AvgIpc) is 3.45. The van der Waals surface area contributed by atoms with Gasteiger partial charge in [0.1, 0.15) is 0 Å². The Morgan fingerprint density at radius 2 is 1.97 bits per heavy atom. The van der Waals surface area contributed by atoms with Crippen LogP contribution in [0.25, 0.3) is 0 Å². The molecule has 1 saturated heterocycles. The fourth-order valence-electron chi connectivity index (χ4n) is 4.32. The first-order chi connectivity index (χ1) is 14.6. The number of aromatic amines is 1. The molecule has 1 aromatic heterocycles. The van der Waals surface area contributed by atoms with E-state index in [1.54, 1.807) is 6.33 Å². The maximum absolute atomic E-state index is 12.5. The number of carbonyl (C=O) groups is 1. The van der Waals surface area contributed by atoms with Gasteiger partial charge in [0.2, 0.25) is 5.91 Å². The summed E-state index contributed by atoms with van der Waals surface area (Å²) in [6, 6.07) is 14.6. The van der Waals surface area contributed by atoms with E-state index in [0.29, 0.717) is 6.42 Å². The Morgan fingerprint density at radius 3 is 2.73 bits per heavy atom. The number of aromatic nitrogens is 2. The lowest BCUT2D eigenvalue weighted by Gasteiger charge is -2.21. The summed E-state index contributed by atoms with van der Waals surface area (Å²) in [4.78, 5) is 22.4. The quantitative estimate of drug-likeness (QED) is 0.606. The minimum absolute atomic E-state index is 0.0360. The van der Waals surface area contributed by atoms with Crippen molar-refractivity contribution in [3.05, 3.63) is 82.9 Å². The molecule has 1 fully saturated rings. The minimum Gasteiger partial charge on any atom is -0.348 e. The van der Waals surface area contributed by atoms with Gasteiger partial charge in [0, 0.05) is 30.5 Å². The van der Waals surface area contributed by atoms with Crippen molar-refractivity contribution in [2.24, 2.45) is 0 Å². The number of nitrogens with zero attached hydrogens (tertiary/aromatic N) is 2. The van der Waals surface area contributed by atoms with Gasteiger partial charge in [-0.25, -0.2) is 4.98 Å². The molecule has 3 aromatic rings. The van der Waals surface area contributed by atoms with Crippen LogP contribution in [0, 0.1) is 13.8 Å². The molecule has 1 unspecified atom stereocenters. The van der Waals surface area contributed by atoms with Crippen molar-refractivity contribution >= 4 is 11.6 Å². The van der Waals surface area contributed by atoms with Crippen molar-refractivity contribution in [3.63, 3.8) is 0 Å². The number of aryl methyl sites for hydroxylation is 1. The van der Waals surface area contributed by atoms with E-state index in [1.165, 1.54) is 29.5 Å². The van der Waals surface area contributed by atoms with E-state index in [0.717, 1.165) is 36.6 Å². The lowest BCUT2D eigenvalue weighted by molar-refractivity contribution is -0.116. The minimum atomic E-state index is 0.0360. The Hall–Kier alpha value is -2.92. The smallest absolute Gasteiger partial charge is 0.225 e. The number of imidazole rings is 1. The van der Waals surface area contributed by atoms with Gasteiger partial charge >= 0.3 is 0 Å². The van der Waals surface area contributed by atoms with Gasteiger partial charge in [0.05, 0.1) is 12.2 Å². The van der Waals surface area contributed by atoms with E-state index < -0.39 is 0 Å². The molecule has 0 aliphatic carbocycles. The molecule has 2 heterocycles. The zero-order valence-corrected chi connectivity index (χ0v) is 17.8. The van der Waals surface area contributed by atoms with Crippen LogP contribution >= 0.6 is 0 Å². The molecular weight excluding hydrogens is 372 g/mol. The second-order valence-corrected chi connectivity index (χ2v) is 8.20. The summed E-state index contributed by atoms with van der Waals surface area (Å²) in [6.45, 7) is 7.37. The number of likely N-dealkylation sites (tertiary alicyclic amines) is 1. The number of carbonyl (C=O) groups excluding carboxylic acids is 1. The number of anilines is 1. The largest absolute Gasteiger partial charge is 0.348 e. The molecule has 0 bridgehead atoms. The number of benzene rings is 2. The van der Waals surface area contributed by atoms with E-state index in [4.69, 9.17) is 0 Å². The van der Waals surface area contributed by atoms with Gasteiger partial charge in [-0.15, -0.1) is 0 Å². The Kier molecular flexibility index (Phi) is 6.29. The van der Waals surface area contributed by atoms with Gasteiger partial charge in [-0.3, -0.25) is 4.79 Å². The Morgan fingerprint density at radius 1 is 1.17 bits per heavy atom. The van der Waals surface area contributed by atoms with Gasteiger partial charge in [-0.05, 0) is 74.2 Å². The molecule has 2 N–H and O–H groups in total. The summed E-state index contributed by atoms with van der Waals surface area (Å²) in [6.07, 6.45) is 6.63. The van der Waals surface area contributed by atoms with Crippen molar-refractivity contribution < 1.29 is 4.79 Å². The average molecular weight is 403 g/mol. The number of hydrogen-bond donors (Lipinski definition) is 2. The molecule has 4 rings (SSSR count). The third-order valence-electron chi connectivity index (χ3n) is 6.15. The Bertz CT molecular complexity index is 990. The van der Waals surface area contributed by atoms with E-state index >= 15 is 0 Å². The zero-order valence-electron chi connectivity index (χ0n) is 17.8. The zero-order chi connectivity index (χ0) is 20.9. The van der Waals surface area contributed by atoms with Crippen molar-refractivity contribution in [2.75, 3.05) is 25.0 Å². The summed E-state index contributed by atoms with van der Waals surface area (Å²) in [7, 11) is 0. The topological polar surface area (TPSA) is 61.0 Å². The van der Waals surface area contributed by atoms with Crippen molar-refractivity contribution in [1.29, 1.82) is 0 Å². The van der Waals surface area contributed by atoms with Gasteiger partial charge in [-0.1, -0.05) is 30.3 Å². The van der Waals surface area contributed by atoms with Crippen LogP contribution in [0.1, 0.15) is 53.1 Å². The molecule has 156 valence electrons. The van der Waals surface area contributed by atoms with Crippen LogP contribution in [-0.4, -0.2) is 40.4 Å². The second-order valence-electron chi connectivity index (χ2n) is 8.20. The summed E-state index contributed by atoms with van der Waals surface area (Å²) in [5.74, 6) is 0.109. The maximum Gasteiger partial charge on any atom is 0.225 e. The van der Waals surface area contributed by atoms with E-state index in [2.05, 4.69) is 64.4 Å². The highest BCUT2D eigenvalue weighted by Crippen LogP contribution is 2.34. The second kappa shape index (κ2) is 9.26. The molecule has 2 aromatic carbocycles. The lowest BCUT2D eigenvalue weighted by Crippen LogP contribution is -2.25. The normalized spacial score (nSPS) is 15.3. The summed E-state index contributed by atoms with van der Waals surface area (Å²) >= 11 is 0. The molecule has 5 nitrogen and oxygen atoms in total. The summed E-state index contributed by atoms with van der Waals surface area (Å²) in [5, 5.41) is 3.09. The number of amides is 1. The fourth-order valence-corrected chi connectivity index (χ4v) is 4.32. The first-order valence-electron chi connectivity index (χ1n) is 10.8. The monoisotopic (exact) mass is 402 g/mol. The molecule has 0 radical (unpaired) electrons. The van der Waals surface area contributed by atoms with Crippen LogP contribution in [-0.2, 0) is 4.79 Å². The number of rotatable bonds is 7. The van der Waals surface area contributed by atoms with Crippen LogP contribution in [0.5, 0.6) is 0 Å². The van der Waals surface area contributed by atoms with Crippen LogP contribution in [0.15, 0.2) is 55.0 Å².